The van der Waals surface area contributed by atoms with E-state index < -0.39 is 0 Å². The van der Waals surface area contributed by atoms with Gasteiger partial charge in [-0.1, -0.05) is 0 Å². The summed E-state index contributed by atoms with van der Waals surface area (Å²) in [6, 6.07) is 3.68. The third-order valence-corrected chi connectivity index (χ3v) is 4.81. The molecule has 0 aromatic carbocycles. The van der Waals surface area contributed by atoms with Crippen molar-refractivity contribution in [3.63, 3.8) is 0 Å². The molecule has 1 atom stereocenters. The van der Waals surface area contributed by atoms with Crippen LogP contribution in [0, 0.1) is 5.92 Å². The van der Waals surface area contributed by atoms with Crippen molar-refractivity contribution in [3.8, 4) is 5.88 Å². The minimum Gasteiger partial charge on any atom is -0.480 e. The number of piperidine rings is 3. The monoisotopic (exact) mass is 301 g/mol. The fourth-order valence-corrected chi connectivity index (χ4v) is 3.58. The molecular weight excluding hydrogens is 282 g/mol. The first-order valence-electron chi connectivity index (χ1n) is 7.70. The predicted molar refractivity (Wildman–Crippen MR) is 81.0 cm³/mol. The molecule has 22 heavy (non-hydrogen) atoms. The number of pyridine rings is 1. The first-order valence-corrected chi connectivity index (χ1v) is 7.70. The van der Waals surface area contributed by atoms with E-state index in [0.717, 1.165) is 25.0 Å². The first kappa shape index (κ1) is 13.6. The van der Waals surface area contributed by atoms with Gasteiger partial charge < -0.3 is 19.4 Å². The van der Waals surface area contributed by atoms with Gasteiger partial charge in [-0.05, 0) is 37.9 Å². The number of carbonyl (C=O) groups is 1. The van der Waals surface area contributed by atoms with Gasteiger partial charge in [0.1, 0.15) is 11.3 Å². The molecule has 0 spiro atoms. The van der Waals surface area contributed by atoms with Gasteiger partial charge in [-0.3, -0.25) is 4.79 Å². The molecule has 0 aliphatic carbocycles. The number of aromatic nitrogens is 1. The van der Waals surface area contributed by atoms with Crippen LogP contribution >= 0.6 is 0 Å². The van der Waals surface area contributed by atoms with Gasteiger partial charge in [-0.25, -0.2) is 4.98 Å². The van der Waals surface area contributed by atoms with Crippen molar-refractivity contribution in [1.82, 2.24) is 15.2 Å². The van der Waals surface area contributed by atoms with Gasteiger partial charge in [0.05, 0.1) is 18.8 Å². The number of nitrogens with one attached hydrogen (secondary N) is 1. The van der Waals surface area contributed by atoms with E-state index in [4.69, 9.17) is 9.15 Å². The van der Waals surface area contributed by atoms with Crippen LogP contribution in [0.2, 0.25) is 0 Å². The Morgan fingerprint density at radius 3 is 2.95 bits per heavy atom. The average Bonchev–Trinajstić information content (AvgIpc) is 3.03. The van der Waals surface area contributed by atoms with E-state index in [9.17, 15) is 4.79 Å². The summed E-state index contributed by atoms with van der Waals surface area (Å²) in [7, 11) is 1.55. The number of furan rings is 1. The Kier molecular flexibility index (Phi) is 3.26. The molecule has 3 aliphatic rings. The molecule has 3 saturated heterocycles. The highest BCUT2D eigenvalue weighted by Gasteiger charge is 2.35. The third-order valence-electron chi connectivity index (χ3n) is 4.81. The minimum atomic E-state index is -0.157. The Labute approximate surface area is 128 Å². The topological polar surface area (TPSA) is 67.6 Å². The molecule has 1 amide bonds. The van der Waals surface area contributed by atoms with E-state index in [1.807, 2.05) is 0 Å². The molecular formula is C16H19N3O3. The molecule has 0 unspecified atom stereocenters. The van der Waals surface area contributed by atoms with Crippen molar-refractivity contribution in [3.05, 3.63) is 24.1 Å². The van der Waals surface area contributed by atoms with Crippen molar-refractivity contribution in [2.24, 2.45) is 5.92 Å². The molecule has 2 aromatic rings. The van der Waals surface area contributed by atoms with Crippen molar-refractivity contribution >= 4 is 16.9 Å². The summed E-state index contributed by atoms with van der Waals surface area (Å²) in [5.41, 5.74) is 0.960. The van der Waals surface area contributed by atoms with Gasteiger partial charge in [-0.15, -0.1) is 0 Å². The van der Waals surface area contributed by atoms with Gasteiger partial charge in [0, 0.05) is 18.7 Å². The zero-order chi connectivity index (χ0) is 15.1. The van der Waals surface area contributed by atoms with Gasteiger partial charge in [0.15, 0.2) is 0 Å². The summed E-state index contributed by atoms with van der Waals surface area (Å²) in [4.78, 5) is 19.3. The van der Waals surface area contributed by atoms with Crippen LogP contribution in [0.1, 0.15) is 23.3 Å². The number of hydrogen-bond donors (Lipinski definition) is 1. The molecule has 2 aromatic heterocycles. The second kappa shape index (κ2) is 5.28. The molecule has 3 fully saturated rings. The van der Waals surface area contributed by atoms with E-state index >= 15 is 0 Å². The van der Waals surface area contributed by atoms with Crippen LogP contribution in [-0.4, -0.2) is 48.6 Å². The highest BCUT2D eigenvalue weighted by Crippen LogP contribution is 2.28. The maximum atomic E-state index is 12.5. The van der Waals surface area contributed by atoms with Crippen molar-refractivity contribution in [1.29, 1.82) is 0 Å². The summed E-state index contributed by atoms with van der Waals surface area (Å²) in [5.74, 6) is 0.851. The molecule has 0 saturated carbocycles. The lowest BCUT2D eigenvalue weighted by Crippen LogP contribution is -2.57. The molecule has 6 nitrogen and oxygen atoms in total. The Bertz CT molecular complexity index is 704. The van der Waals surface area contributed by atoms with Gasteiger partial charge >= 0.3 is 0 Å². The average molecular weight is 301 g/mol. The van der Waals surface area contributed by atoms with E-state index in [2.05, 4.69) is 15.2 Å². The molecule has 0 radical (unpaired) electrons. The molecule has 3 aliphatic heterocycles. The van der Waals surface area contributed by atoms with E-state index in [-0.39, 0.29) is 11.9 Å². The third kappa shape index (κ3) is 2.23. The van der Waals surface area contributed by atoms with Crippen LogP contribution in [0.15, 0.2) is 22.8 Å². The molecule has 6 heteroatoms. The Balaban J connectivity index is 1.57. The summed E-state index contributed by atoms with van der Waals surface area (Å²) >= 11 is 0. The lowest BCUT2D eigenvalue weighted by Gasteiger charge is -2.44. The predicted octanol–water partition coefficient (Wildman–Crippen LogP) is 1.66. The molecule has 2 bridgehead atoms. The Morgan fingerprint density at radius 1 is 1.45 bits per heavy atom. The number of amides is 1. The molecule has 5 heterocycles. The second-order valence-corrected chi connectivity index (χ2v) is 6.07. The maximum Gasteiger partial charge on any atom is 0.270 e. The number of carbonyl (C=O) groups excluding carboxylic acids is 1. The molecule has 1 N–H and O–H groups in total. The van der Waals surface area contributed by atoms with Crippen molar-refractivity contribution < 1.29 is 13.9 Å². The summed E-state index contributed by atoms with van der Waals surface area (Å²) in [5, 5.41) is 3.91. The van der Waals surface area contributed by atoms with Gasteiger partial charge in [0.25, 0.3) is 5.91 Å². The number of ether oxygens (including phenoxy) is 1. The van der Waals surface area contributed by atoms with Crippen LogP contribution in [0.5, 0.6) is 5.88 Å². The molecule has 5 rings (SSSR count). The lowest BCUT2D eigenvalue weighted by atomic mass is 9.84. The number of rotatable bonds is 3. The summed E-state index contributed by atoms with van der Waals surface area (Å²) in [6.07, 6.45) is 3.90. The van der Waals surface area contributed by atoms with Crippen molar-refractivity contribution in [2.45, 2.75) is 18.9 Å². The fourth-order valence-electron chi connectivity index (χ4n) is 3.58. The summed E-state index contributed by atoms with van der Waals surface area (Å²) < 4.78 is 10.6. The highest BCUT2D eigenvalue weighted by atomic mass is 16.5. The fraction of sp³-hybridized carbons (Fsp3) is 0.500. The standard InChI is InChI=1S/C16H19N3O3/c1-21-16-11-4-7-22-14(11)8-12(18-16)15(20)17-13-9-19-5-2-10(13)3-6-19/h4,7-8,10,13H,2-3,5-6,9H2,1H3,(H,17,20)/t13-/m0/s1. The lowest BCUT2D eigenvalue weighted by molar-refractivity contribution is 0.0617. The highest BCUT2D eigenvalue weighted by molar-refractivity contribution is 5.96. The van der Waals surface area contributed by atoms with E-state index in [1.54, 1.807) is 25.5 Å². The number of nitrogens with zero attached hydrogens (tertiary/aromatic N) is 2. The quantitative estimate of drug-likeness (QED) is 0.934. The minimum absolute atomic E-state index is 0.157. The van der Waals surface area contributed by atoms with Crippen LogP contribution in [0.3, 0.4) is 0 Å². The first-order chi connectivity index (χ1) is 10.7. The smallest absolute Gasteiger partial charge is 0.270 e. The Morgan fingerprint density at radius 2 is 2.27 bits per heavy atom. The van der Waals surface area contributed by atoms with Crippen LogP contribution in [-0.2, 0) is 0 Å². The SMILES string of the molecule is COc1nc(C(=O)N[C@H]2CN3CCC2CC3)cc2occc12. The maximum absolute atomic E-state index is 12.5. The van der Waals surface area contributed by atoms with Gasteiger partial charge in [-0.2, -0.15) is 0 Å². The van der Waals surface area contributed by atoms with Crippen LogP contribution in [0.25, 0.3) is 11.0 Å². The number of methoxy groups -OCH3 is 1. The van der Waals surface area contributed by atoms with Crippen molar-refractivity contribution in [2.75, 3.05) is 26.7 Å². The van der Waals surface area contributed by atoms with Gasteiger partial charge in [0.2, 0.25) is 5.88 Å². The summed E-state index contributed by atoms with van der Waals surface area (Å²) in [6.45, 7) is 3.25. The Hall–Kier alpha value is -2.08. The van der Waals surface area contributed by atoms with E-state index in [0.29, 0.717) is 23.1 Å². The molecule has 116 valence electrons. The number of fused-ring (bicyclic) bond motifs is 4. The zero-order valence-electron chi connectivity index (χ0n) is 12.5. The largest absolute Gasteiger partial charge is 0.480 e. The second-order valence-electron chi connectivity index (χ2n) is 6.07. The normalized spacial score (nSPS) is 27.0. The number of hydrogen-bond acceptors (Lipinski definition) is 5. The van der Waals surface area contributed by atoms with Crippen LogP contribution < -0.4 is 10.1 Å². The van der Waals surface area contributed by atoms with Crippen LogP contribution in [0.4, 0.5) is 0 Å². The zero-order valence-corrected chi connectivity index (χ0v) is 12.5. The van der Waals surface area contributed by atoms with E-state index in [1.165, 1.54) is 12.8 Å².